The minimum absolute atomic E-state index is 0.0547. The number of hydrogen-bond acceptors (Lipinski definition) is 3. The molecule has 0 aromatic heterocycles. The number of piperidine rings is 1. The molecule has 0 saturated carbocycles. The SMILES string of the molecule is CC(C)(C)[C@H]1C[C@@H](O)CC2(CCNCC2)O1. The highest BCUT2D eigenvalue weighted by atomic mass is 16.5. The average Bonchev–Trinajstić information content (AvgIpc) is 2.16. The van der Waals surface area contributed by atoms with Crippen LogP contribution >= 0.6 is 0 Å². The van der Waals surface area contributed by atoms with Gasteiger partial charge in [0.1, 0.15) is 0 Å². The maximum atomic E-state index is 10.1. The van der Waals surface area contributed by atoms with Crippen molar-refractivity contribution < 1.29 is 9.84 Å². The van der Waals surface area contributed by atoms with Crippen LogP contribution in [0.25, 0.3) is 0 Å². The molecule has 3 heteroatoms. The van der Waals surface area contributed by atoms with Crippen molar-refractivity contribution in [2.75, 3.05) is 13.1 Å². The Kier molecular flexibility index (Phi) is 3.30. The van der Waals surface area contributed by atoms with Gasteiger partial charge < -0.3 is 15.2 Å². The molecule has 3 nitrogen and oxygen atoms in total. The number of hydrogen-bond donors (Lipinski definition) is 2. The molecule has 0 amide bonds. The van der Waals surface area contributed by atoms with Gasteiger partial charge in [-0.2, -0.15) is 0 Å². The highest BCUT2D eigenvalue weighted by Gasteiger charge is 2.44. The zero-order valence-electron chi connectivity index (χ0n) is 10.8. The van der Waals surface area contributed by atoms with Crippen molar-refractivity contribution in [2.45, 2.75) is 64.3 Å². The van der Waals surface area contributed by atoms with E-state index in [0.29, 0.717) is 0 Å². The maximum Gasteiger partial charge on any atom is 0.0735 e. The topological polar surface area (TPSA) is 41.5 Å². The highest BCUT2D eigenvalue weighted by Crippen LogP contribution is 2.41. The summed E-state index contributed by atoms with van der Waals surface area (Å²) < 4.78 is 6.35. The van der Waals surface area contributed by atoms with E-state index in [2.05, 4.69) is 26.1 Å². The molecule has 2 heterocycles. The van der Waals surface area contributed by atoms with Gasteiger partial charge >= 0.3 is 0 Å². The molecule has 0 aromatic rings. The Morgan fingerprint density at radius 3 is 2.44 bits per heavy atom. The molecule has 0 aromatic carbocycles. The molecular weight excluding hydrogens is 202 g/mol. The van der Waals surface area contributed by atoms with Crippen LogP contribution in [-0.2, 0) is 4.74 Å². The monoisotopic (exact) mass is 227 g/mol. The second-order valence-electron chi connectivity index (χ2n) is 6.50. The molecule has 2 aliphatic rings. The number of nitrogens with one attached hydrogen (secondary N) is 1. The lowest BCUT2D eigenvalue weighted by Gasteiger charge is -2.49. The molecule has 2 fully saturated rings. The standard InChI is InChI=1S/C13H25NO2/c1-12(2,3)11-8-10(15)9-13(16-11)4-6-14-7-5-13/h10-11,14-15H,4-9H2,1-3H3/t10-,11-/m1/s1. The molecule has 0 aliphatic carbocycles. The van der Waals surface area contributed by atoms with Gasteiger partial charge in [0.15, 0.2) is 0 Å². The van der Waals surface area contributed by atoms with Crippen molar-refractivity contribution in [2.24, 2.45) is 5.41 Å². The van der Waals surface area contributed by atoms with E-state index in [4.69, 9.17) is 4.74 Å². The van der Waals surface area contributed by atoms with E-state index in [1.165, 1.54) is 0 Å². The smallest absolute Gasteiger partial charge is 0.0735 e. The summed E-state index contributed by atoms with van der Waals surface area (Å²) in [5.41, 5.74) is 0.0696. The van der Waals surface area contributed by atoms with Gasteiger partial charge in [-0.15, -0.1) is 0 Å². The van der Waals surface area contributed by atoms with Crippen molar-refractivity contribution >= 4 is 0 Å². The normalized spacial score (nSPS) is 35.2. The lowest BCUT2D eigenvalue weighted by Crippen LogP contribution is -2.54. The van der Waals surface area contributed by atoms with Gasteiger partial charge in [0.05, 0.1) is 17.8 Å². The summed E-state index contributed by atoms with van der Waals surface area (Å²) in [6.07, 6.45) is 3.69. The first-order chi connectivity index (χ1) is 7.41. The largest absolute Gasteiger partial charge is 0.393 e. The molecule has 16 heavy (non-hydrogen) atoms. The Balaban J connectivity index is 2.09. The Morgan fingerprint density at radius 2 is 1.88 bits per heavy atom. The second kappa shape index (κ2) is 4.28. The Bertz CT molecular complexity index is 241. The molecule has 94 valence electrons. The van der Waals surface area contributed by atoms with E-state index in [1.54, 1.807) is 0 Å². The Hall–Kier alpha value is -0.120. The molecule has 1 spiro atoms. The summed E-state index contributed by atoms with van der Waals surface area (Å²) in [7, 11) is 0. The highest BCUT2D eigenvalue weighted by molar-refractivity contribution is 4.95. The molecule has 0 unspecified atom stereocenters. The second-order valence-corrected chi connectivity index (χ2v) is 6.50. The first-order valence-corrected chi connectivity index (χ1v) is 6.48. The first kappa shape index (κ1) is 12.3. The average molecular weight is 227 g/mol. The van der Waals surface area contributed by atoms with Crippen molar-refractivity contribution in [3.8, 4) is 0 Å². The van der Waals surface area contributed by atoms with Gasteiger partial charge in [-0.05, 0) is 31.3 Å². The van der Waals surface area contributed by atoms with Gasteiger partial charge in [0.2, 0.25) is 0 Å². The number of aliphatic hydroxyl groups is 1. The molecule has 2 atom stereocenters. The lowest BCUT2D eigenvalue weighted by atomic mass is 9.77. The third-order valence-electron chi connectivity index (χ3n) is 3.97. The van der Waals surface area contributed by atoms with Gasteiger partial charge in [-0.3, -0.25) is 0 Å². The first-order valence-electron chi connectivity index (χ1n) is 6.48. The van der Waals surface area contributed by atoms with Crippen molar-refractivity contribution in [1.82, 2.24) is 5.32 Å². The summed E-state index contributed by atoms with van der Waals surface area (Å²) in [5.74, 6) is 0. The van der Waals surface area contributed by atoms with Crippen LogP contribution in [0.1, 0.15) is 46.5 Å². The van der Waals surface area contributed by atoms with E-state index >= 15 is 0 Å². The summed E-state index contributed by atoms with van der Waals surface area (Å²) in [5, 5.41) is 13.4. The van der Waals surface area contributed by atoms with Crippen LogP contribution in [0.5, 0.6) is 0 Å². The predicted octanol–water partition coefficient (Wildman–Crippen LogP) is 1.69. The van der Waals surface area contributed by atoms with E-state index in [-0.39, 0.29) is 23.2 Å². The Labute approximate surface area is 98.6 Å². The lowest BCUT2D eigenvalue weighted by molar-refractivity contribution is -0.200. The number of rotatable bonds is 0. The summed E-state index contributed by atoms with van der Waals surface area (Å²) in [6.45, 7) is 8.63. The van der Waals surface area contributed by atoms with Gasteiger partial charge in [0.25, 0.3) is 0 Å². The van der Waals surface area contributed by atoms with Crippen LogP contribution in [0.3, 0.4) is 0 Å². The zero-order valence-corrected chi connectivity index (χ0v) is 10.8. The van der Waals surface area contributed by atoms with Crippen molar-refractivity contribution in [3.05, 3.63) is 0 Å². The minimum atomic E-state index is -0.184. The zero-order chi connectivity index (χ0) is 11.8. The van der Waals surface area contributed by atoms with Crippen LogP contribution in [0.15, 0.2) is 0 Å². The molecule has 2 rings (SSSR count). The van der Waals surface area contributed by atoms with E-state index in [0.717, 1.165) is 38.8 Å². The van der Waals surface area contributed by atoms with Crippen molar-refractivity contribution in [3.63, 3.8) is 0 Å². The molecule has 2 N–H and O–H groups in total. The fourth-order valence-corrected chi connectivity index (χ4v) is 2.89. The molecule has 2 saturated heterocycles. The number of ether oxygens (including phenoxy) is 1. The van der Waals surface area contributed by atoms with Crippen LogP contribution in [0, 0.1) is 5.41 Å². The van der Waals surface area contributed by atoms with Crippen LogP contribution in [0.2, 0.25) is 0 Å². The van der Waals surface area contributed by atoms with E-state index < -0.39 is 0 Å². The maximum absolute atomic E-state index is 10.1. The molecule has 2 aliphatic heterocycles. The van der Waals surface area contributed by atoms with Gasteiger partial charge in [-0.25, -0.2) is 0 Å². The van der Waals surface area contributed by atoms with E-state index in [1.807, 2.05) is 0 Å². The molecule has 0 radical (unpaired) electrons. The third kappa shape index (κ3) is 2.58. The summed E-state index contributed by atoms with van der Waals surface area (Å²) in [4.78, 5) is 0. The third-order valence-corrected chi connectivity index (χ3v) is 3.97. The van der Waals surface area contributed by atoms with Crippen molar-refractivity contribution in [1.29, 1.82) is 0 Å². The number of aliphatic hydroxyl groups excluding tert-OH is 1. The fraction of sp³-hybridized carbons (Fsp3) is 1.00. The Morgan fingerprint density at radius 1 is 1.25 bits per heavy atom. The molecular formula is C13H25NO2. The van der Waals surface area contributed by atoms with E-state index in [9.17, 15) is 5.11 Å². The van der Waals surface area contributed by atoms with Crippen LogP contribution in [-0.4, -0.2) is 36.0 Å². The summed E-state index contributed by atoms with van der Waals surface area (Å²) in [6, 6.07) is 0. The minimum Gasteiger partial charge on any atom is -0.393 e. The van der Waals surface area contributed by atoms with Gasteiger partial charge in [0, 0.05) is 12.8 Å². The molecule has 0 bridgehead atoms. The predicted molar refractivity (Wildman–Crippen MR) is 64.4 cm³/mol. The fourth-order valence-electron chi connectivity index (χ4n) is 2.89. The van der Waals surface area contributed by atoms with Crippen LogP contribution in [0.4, 0.5) is 0 Å². The van der Waals surface area contributed by atoms with Gasteiger partial charge in [-0.1, -0.05) is 20.8 Å². The van der Waals surface area contributed by atoms with Crippen LogP contribution < -0.4 is 5.32 Å². The summed E-state index contributed by atoms with van der Waals surface area (Å²) >= 11 is 0. The quantitative estimate of drug-likeness (QED) is 0.662.